The van der Waals surface area contributed by atoms with E-state index < -0.39 is 0 Å². The number of carbonyl (C=O) groups excluding carboxylic acids is 2. The van der Waals surface area contributed by atoms with Crippen LogP contribution < -0.4 is 5.32 Å². The smallest absolute Gasteiger partial charge is 0.230 e. The molecular formula is C30H46N4O4S. The van der Waals surface area contributed by atoms with Crippen molar-refractivity contribution in [2.75, 3.05) is 13.1 Å². The van der Waals surface area contributed by atoms with E-state index in [1.165, 1.54) is 16.9 Å². The second-order valence-electron chi connectivity index (χ2n) is 9.43. The summed E-state index contributed by atoms with van der Waals surface area (Å²) < 4.78 is 5.12. The molecule has 3 aromatic rings. The molecule has 1 saturated heterocycles. The molecule has 2 unspecified atom stereocenters. The molecule has 39 heavy (non-hydrogen) atoms. The van der Waals surface area contributed by atoms with Gasteiger partial charge in [0.15, 0.2) is 0 Å². The first kappa shape index (κ1) is 34.0. The molecule has 0 spiro atoms. The number of nitrogens with one attached hydrogen (secondary N) is 1. The zero-order chi connectivity index (χ0) is 29.4. The Morgan fingerprint density at radius 2 is 1.87 bits per heavy atom. The summed E-state index contributed by atoms with van der Waals surface area (Å²) >= 11 is 1.64. The van der Waals surface area contributed by atoms with Crippen molar-refractivity contribution >= 4 is 23.7 Å². The molecule has 1 aliphatic rings. The molecule has 2 N–H and O–H groups in total. The zero-order valence-corrected chi connectivity index (χ0v) is 25.5. The zero-order valence-electron chi connectivity index (χ0n) is 24.7. The van der Waals surface area contributed by atoms with Gasteiger partial charge in [-0.3, -0.25) is 9.59 Å². The number of hydrogen-bond acceptors (Lipinski definition) is 7. The lowest BCUT2D eigenvalue weighted by Crippen LogP contribution is -2.30. The maximum atomic E-state index is 11.9. The van der Waals surface area contributed by atoms with Crippen LogP contribution in [0.1, 0.15) is 96.0 Å². The summed E-state index contributed by atoms with van der Waals surface area (Å²) in [5, 5.41) is 16.0. The summed E-state index contributed by atoms with van der Waals surface area (Å²) in [4.78, 5) is 29.3. The van der Waals surface area contributed by atoms with Gasteiger partial charge in [0.2, 0.25) is 12.3 Å². The number of likely N-dealkylation sites (tertiary alicyclic amines) is 1. The van der Waals surface area contributed by atoms with Crippen molar-refractivity contribution in [1.82, 2.24) is 20.4 Å². The molecule has 0 saturated carbocycles. The van der Waals surface area contributed by atoms with Crippen LogP contribution in [-0.2, 0) is 16.0 Å². The van der Waals surface area contributed by atoms with Gasteiger partial charge >= 0.3 is 0 Å². The lowest BCUT2D eigenvalue weighted by atomic mass is 10.1. The molecular weight excluding hydrogens is 512 g/mol. The van der Waals surface area contributed by atoms with Crippen LogP contribution in [0.4, 0.5) is 0 Å². The predicted octanol–water partition coefficient (Wildman–Crippen LogP) is 6.30. The van der Waals surface area contributed by atoms with Gasteiger partial charge in [0.05, 0.1) is 40.3 Å². The third-order valence-electron chi connectivity index (χ3n) is 5.75. The summed E-state index contributed by atoms with van der Waals surface area (Å²) in [6.45, 7) is 17.3. The summed E-state index contributed by atoms with van der Waals surface area (Å²) in [6, 6.07) is 10.1. The molecule has 0 aliphatic carbocycles. The lowest BCUT2D eigenvalue weighted by molar-refractivity contribution is -0.130. The SMILES string of the molecule is CC.CC(C)c1cc(CC(=O)N2CCC(O)C2)on1.CCC.Cc1ncsc1-c1ccc(C(C)NC=O)cc1. The van der Waals surface area contributed by atoms with Gasteiger partial charge in [0.25, 0.3) is 0 Å². The monoisotopic (exact) mass is 558 g/mol. The topological polar surface area (TPSA) is 109 Å². The number of nitrogens with zero attached hydrogens (tertiary/aromatic N) is 3. The van der Waals surface area contributed by atoms with Crippen LogP contribution in [0, 0.1) is 6.92 Å². The molecule has 0 bridgehead atoms. The third-order valence-corrected chi connectivity index (χ3v) is 6.72. The van der Waals surface area contributed by atoms with E-state index in [0.29, 0.717) is 31.2 Å². The third kappa shape index (κ3) is 11.3. The fourth-order valence-electron chi connectivity index (χ4n) is 3.61. The summed E-state index contributed by atoms with van der Waals surface area (Å²) in [5.74, 6) is 0.893. The van der Waals surface area contributed by atoms with Crippen LogP contribution in [0.15, 0.2) is 40.4 Å². The molecule has 1 fully saturated rings. The Morgan fingerprint density at radius 3 is 2.33 bits per heavy atom. The summed E-state index contributed by atoms with van der Waals surface area (Å²) in [7, 11) is 0. The van der Waals surface area contributed by atoms with Crippen LogP contribution in [0.3, 0.4) is 0 Å². The molecule has 1 aromatic carbocycles. The van der Waals surface area contributed by atoms with Crippen LogP contribution in [-0.4, -0.2) is 51.7 Å². The maximum absolute atomic E-state index is 11.9. The highest BCUT2D eigenvalue weighted by Gasteiger charge is 2.25. The number of aliphatic hydroxyl groups excluding tert-OH is 1. The number of benzene rings is 1. The van der Waals surface area contributed by atoms with Crippen molar-refractivity contribution in [3.8, 4) is 10.4 Å². The number of aliphatic hydroxyl groups is 1. The van der Waals surface area contributed by atoms with Crippen LogP contribution in [0.2, 0.25) is 0 Å². The van der Waals surface area contributed by atoms with Crippen molar-refractivity contribution < 1.29 is 19.2 Å². The molecule has 3 heterocycles. The van der Waals surface area contributed by atoms with Crippen molar-refractivity contribution in [2.24, 2.45) is 0 Å². The Balaban J connectivity index is 0.000000335. The summed E-state index contributed by atoms with van der Waals surface area (Å²) in [5.41, 5.74) is 6.06. The molecule has 1 aliphatic heterocycles. The van der Waals surface area contributed by atoms with E-state index in [2.05, 4.69) is 41.4 Å². The molecule has 216 valence electrons. The number of rotatable bonds is 7. The minimum absolute atomic E-state index is 0.00648. The van der Waals surface area contributed by atoms with Gasteiger partial charge in [-0.2, -0.15) is 0 Å². The highest BCUT2D eigenvalue weighted by Crippen LogP contribution is 2.28. The van der Waals surface area contributed by atoms with Crippen LogP contribution in [0.5, 0.6) is 0 Å². The van der Waals surface area contributed by atoms with E-state index in [1.54, 1.807) is 16.2 Å². The minimum Gasteiger partial charge on any atom is -0.391 e. The number of β-amino-alcohol motifs (C(OH)–C–C–N with tert-alkyl or cyclic N) is 1. The first-order chi connectivity index (χ1) is 18.7. The fourth-order valence-corrected chi connectivity index (χ4v) is 4.43. The highest BCUT2D eigenvalue weighted by molar-refractivity contribution is 7.13. The average Bonchev–Trinajstić information content (AvgIpc) is 3.68. The maximum Gasteiger partial charge on any atom is 0.230 e. The van der Waals surface area contributed by atoms with E-state index in [-0.39, 0.29) is 24.5 Å². The summed E-state index contributed by atoms with van der Waals surface area (Å²) in [6.07, 6.45) is 2.50. The molecule has 2 atom stereocenters. The first-order valence-corrected chi connectivity index (χ1v) is 14.7. The van der Waals surface area contributed by atoms with Gasteiger partial charge in [0.1, 0.15) is 5.76 Å². The average molecular weight is 559 g/mol. The first-order valence-electron chi connectivity index (χ1n) is 13.8. The van der Waals surface area contributed by atoms with Gasteiger partial charge in [-0.1, -0.05) is 77.4 Å². The van der Waals surface area contributed by atoms with Crippen molar-refractivity contribution in [3.63, 3.8) is 0 Å². The van der Waals surface area contributed by atoms with Crippen LogP contribution >= 0.6 is 11.3 Å². The van der Waals surface area contributed by atoms with Crippen LogP contribution in [0.25, 0.3) is 10.4 Å². The number of aromatic nitrogens is 2. The Morgan fingerprint density at radius 1 is 1.23 bits per heavy atom. The van der Waals surface area contributed by atoms with Gasteiger partial charge in [0, 0.05) is 19.2 Å². The van der Waals surface area contributed by atoms with Crippen molar-refractivity contribution in [2.45, 2.75) is 92.7 Å². The van der Waals surface area contributed by atoms with Gasteiger partial charge < -0.3 is 19.8 Å². The van der Waals surface area contributed by atoms with E-state index in [0.717, 1.165) is 23.4 Å². The fraction of sp³-hybridized carbons (Fsp3) is 0.533. The Kier molecular flexibility index (Phi) is 15.9. The quantitative estimate of drug-likeness (QED) is 0.329. The van der Waals surface area contributed by atoms with E-state index >= 15 is 0 Å². The highest BCUT2D eigenvalue weighted by atomic mass is 32.1. The molecule has 0 radical (unpaired) electrons. The number of hydrogen-bond donors (Lipinski definition) is 2. The standard InChI is InChI=1S/C13H14N2OS.C12H18N2O3.C3H8.C2H6/c1-9(14-7-16)11-3-5-12(6-4-11)13-10(2)15-8-17-13;1-8(2)11-5-10(17-13-11)6-12(16)14-4-3-9(15)7-14;1-3-2;1-2/h3-9H,1-2H3,(H,14,16);5,8-9,15H,3-4,6-7H2,1-2H3;3H2,1-2H3;1-2H3. The number of amides is 2. The molecule has 9 heteroatoms. The molecule has 8 nitrogen and oxygen atoms in total. The van der Waals surface area contributed by atoms with E-state index in [1.807, 2.05) is 65.3 Å². The van der Waals surface area contributed by atoms with Gasteiger partial charge in [-0.05, 0) is 37.3 Å². The second kappa shape index (κ2) is 18.3. The van der Waals surface area contributed by atoms with Gasteiger partial charge in [-0.15, -0.1) is 11.3 Å². The number of thiazole rings is 1. The van der Waals surface area contributed by atoms with Crippen molar-refractivity contribution in [1.29, 1.82) is 0 Å². The number of aryl methyl sites for hydroxylation is 1. The second-order valence-corrected chi connectivity index (χ2v) is 10.3. The predicted molar refractivity (Wildman–Crippen MR) is 159 cm³/mol. The van der Waals surface area contributed by atoms with E-state index in [4.69, 9.17) is 4.52 Å². The van der Waals surface area contributed by atoms with E-state index in [9.17, 15) is 14.7 Å². The molecule has 2 amide bonds. The largest absolute Gasteiger partial charge is 0.391 e. The Labute approximate surface area is 237 Å². The number of carbonyl (C=O) groups is 2. The molecule has 4 rings (SSSR count). The Hall–Kier alpha value is -3.04. The normalized spacial score (nSPS) is 14.7. The Bertz CT molecular complexity index is 1090. The van der Waals surface area contributed by atoms with Crippen molar-refractivity contribution in [3.05, 3.63) is 58.6 Å². The lowest BCUT2D eigenvalue weighted by Gasteiger charge is -2.13. The minimum atomic E-state index is -0.375. The molecule has 2 aromatic heterocycles. The van der Waals surface area contributed by atoms with Gasteiger partial charge in [-0.25, -0.2) is 4.98 Å².